The quantitative estimate of drug-likeness (QED) is 0.732. The Hall–Kier alpha value is -2.92. The molecule has 3 aromatic rings. The van der Waals surface area contributed by atoms with Gasteiger partial charge >= 0.3 is 6.18 Å². The molecular weight excluding hydrogens is 349 g/mol. The SMILES string of the molecule is N#Cc1ccc(-c2nc(CNc3ccnc(C(F)(F)F)c3)cs2)cc1. The van der Waals surface area contributed by atoms with Gasteiger partial charge in [0.25, 0.3) is 0 Å². The van der Waals surface area contributed by atoms with Crippen LogP contribution in [-0.2, 0) is 12.7 Å². The Balaban J connectivity index is 1.69. The van der Waals surface area contributed by atoms with E-state index >= 15 is 0 Å². The summed E-state index contributed by atoms with van der Waals surface area (Å²) in [5.41, 5.74) is 1.57. The van der Waals surface area contributed by atoms with Crippen molar-refractivity contribution in [2.45, 2.75) is 12.7 Å². The van der Waals surface area contributed by atoms with Crippen LogP contribution < -0.4 is 5.32 Å². The van der Waals surface area contributed by atoms with Gasteiger partial charge in [0.05, 0.1) is 23.9 Å². The first kappa shape index (κ1) is 16.9. The van der Waals surface area contributed by atoms with Gasteiger partial charge in [0.1, 0.15) is 10.7 Å². The Bertz CT molecular complexity index is 911. The standard InChI is InChI=1S/C17H11F3N4S/c18-17(19,20)15-7-13(5-6-22-15)23-9-14-10-25-16(24-14)12-3-1-11(8-21)2-4-12/h1-7,10H,9H2,(H,22,23). The molecule has 126 valence electrons. The Morgan fingerprint density at radius 2 is 1.92 bits per heavy atom. The zero-order chi connectivity index (χ0) is 17.9. The molecule has 4 nitrogen and oxygen atoms in total. The monoisotopic (exact) mass is 360 g/mol. The second kappa shape index (κ2) is 6.91. The fourth-order valence-electron chi connectivity index (χ4n) is 2.10. The maximum Gasteiger partial charge on any atom is 0.433 e. The van der Waals surface area contributed by atoms with E-state index in [0.29, 0.717) is 17.8 Å². The number of hydrogen-bond donors (Lipinski definition) is 1. The summed E-state index contributed by atoms with van der Waals surface area (Å²) in [6, 6.07) is 11.5. The molecule has 0 saturated heterocycles. The van der Waals surface area contributed by atoms with E-state index in [-0.39, 0.29) is 0 Å². The topological polar surface area (TPSA) is 61.6 Å². The number of aromatic nitrogens is 2. The molecule has 0 aliphatic rings. The van der Waals surface area contributed by atoms with Gasteiger partial charge in [-0.1, -0.05) is 12.1 Å². The van der Waals surface area contributed by atoms with Crippen LogP contribution in [0.15, 0.2) is 48.0 Å². The molecule has 8 heteroatoms. The Labute approximate surface area is 145 Å². The minimum Gasteiger partial charge on any atom is -0.379 e. The average molecular weight is 360 g/mol. The number of alkyl halides is 3. The van der Waals surface area contributed by atoms with Crippen molar-refractivity contribution < 1.29 is 13.2 Å². The Morgan fingerprint density at radius 1 is 1.16 bits per heavy atom. The highest BCUT2D eigenvalue weighted by Gasteiger charge is 2.32. The van der Waals surface area contributed by atoms with E-state index in [1.54, 1.807) is 12.1 Å². The number of thiazole rings is 1. The molecule has 0 unspecified atom stereocenters. The van der Waals surface area contributed by atoms with Crippen molar-refractivity contribution >= 4 is 17.0 Å². The van der Waals surface area contributed by atoms with E-state index in [4.69, 9.17) is 5.26 Å². The largest absolute Gasteiger partial charge is 0.433 e. The third kappa shape index (κ3) is 4.14. The lowest BCUT2D eigenvalue weighted by Crippen LogP contribution is -2.09. The van der Waals surface area contributed by atoms with E-state index in [2.05, 4.69) is 21.4 Å². The molecule has 0 aliphatic heterocycles. The van der Waals surface area contributed by atoms with Gasteiger partial charge in [-0.15, -0.1) is 11.3 Å². The van der Waals surface area contributed by atoms with Crippen molar-refractivity contribution in [3.8, 4) is 16.6 Å². The van der Waals surface area contributed by atoms with Crippen molar-refractivity contribution in [2.75, 3.05) is 5.32 Å². The van der Waals surface area contributed by atoms with Crippen LogP contribution in [0.25, 0.3) is 10.6 Å². The first-order valence-corrected chi connectivity index (χ1v) is 8.06. The molecule has 0 radical (unpaired) electrons. The van der Waals surface area contributed by atoms with Gasteiger partial charge in [-0.2, -0.15) is 18.4 Å². The van der Waals surface area contributed by atoms with Gasteiger partial charge in [-0.05, 0) is 24.3 Å². The molecule has 0 aliphatic carbocycles. The van der Waals surface area contributed by atoms with Gasteiger partial charge < -0.3 is 5.32 Å². The molecule has 25 heavy (non-hydrogen) atoms. The highest BCUT2D eigenvalue weighted by Crippen LogP contribution is 2.29. The summed E-state index contributed by atoms with van der Waals surface area (Å²) in [4.78, 5) is 7.78. The summed E-state index contributed by atoms with van der Waals surface area (Å²) < 4.78 is 38.0. The molecule has 0 saturated carbocycles. The van der Waals surface area contributed by atoms with E-state index in [1.165, 1.54) is 17.4 Å². The van der Waals surface area contributed by atoms with Crippen LogP contribution in [0.3, 0.4) is 0 Å². The van der Waals surface area contributed by atoms with Crippen LogP contribution in [0.4, 0.5) is 18.9 Å². The second-order valence-corrected chi connectivity index (χ2v) is 5.97. The van der Waals surface area contributed by atoms with Crippen molar-refractivity contribution in [2.24, 2.45) is 0 Å². The first-order chi connectivity index (χ1) is 12.0. The molecule has 0 bridgehead atoms. The van der Waals surface area contributed by atoms with Gasteiger partial charge in [0.15, 0.2) is 0 Å². The maximum absolute atomic E-state index is 12.7. The summed E-state index contributed by atoms with van der Waals surface area (Å²) >= 11 is 1.43. The van der Waals surface area contributed by atoms with Crippen LogP contribution in [0.1, 0.15) is 17.0 Å². The normalized spacial score (nSPS) is 11.1. The van der Waals surface area contributed by atoms with Gasteiger partial charge in [-0.25, -0.2) is 4.98 Å². The smallest absolute Gasteiger partial charge is 0.379 e. The molecule has 0 atom stereocenters. The lowest BCUT2D eigenvalue weighted by atomic mass is 10.1. The van der Waals surface area contributed by atoms with Gasteiger partial charge in [-0.3, -0.25) is 4.98 Å². The van der Waals surface area contributed by atoms with Crippen molar-refractivity contribution in [3.05, 3.63) is 64.9 Å². The van der Waals surface area contributed by atoms with Crippen LogP contribution >= 0.6 is 11.3 Å². The predicted octanol–water partition coefficient (Wildman–Crippen LogP) is 4.71. The van der Waals surface area contributed by atoms with E-state index < -0.39 is 11.9 Å². The van der Waals surface area contributed by atoms with E-state index in [1.807, 2.05) is 17.5 Å². The average Bonchev–Trinajstić information content (AvgIpc) is 3.08. The summed E-state index contributed by atoms with van der Waals surface area (Å²) in [5, 5.41) is 14.3. The lowest BCUT2D eigenvalue weighted by molar-refractivity contribution is -0.141. The lowest BCUT2D eigenvalue weighted by Gasteiger charge is -2.08. The molecular formula is C17H11F3N4S. The van der Waals surface area contributed by atoms with Gasteiger partial charge in [0, 0.05) is 22.8 Å². The number of rotatable bonds is 4. The highest BCUT2D eigenvalue weighted by atomic mass is 32.1. The van der Waals surface area contributed by atoms with Crippen molar-refractivity contribution in [1.82, 2.24) is 9.97 Å². The van der Waals surface area contributed by atoms with Crippen molar-refractivity contribution in [1.29, 1.82) is 5.26 Å². The van der Waals surface area contributed by atoms with E-state index in [9.17, 15) is 13.2 Å². The summed E-state index contributed by atoms with van der Waals surface area (Å²) in [5.74, 6) is 0. The highest BCUT2D eigenvalue weighted by molar-refractivity contribution is 7.13. The zero-order valence-electron chi connectivity index (χ0n) is 12.7. The molecule has 0 amide bonds. The maximum atomic E-state index is 12.7. The first-order valence-electron chi connectivity index (χ1n) is 7.18. The summed E-state index contributed by atoms with van der Waals surface area (Å²) in [7, 11) is 0. The minimum absolute atomic E-state index is 0.300. The fourth-order valence-corrected chi connectivity index (χ4v) is 2.92. The van der Waals surface area contributed by atoms with Crippen LogP contribution in [0, 0.1) is 11.3 Å². The third-order valence-electron chi connectivity index (χ3n) is 3.34. The van der Waals surface area contributed by atoms with Gasteiger partial charge in [0.2, 0.25) is 0 Å². The summed E-state index contributed by atoms with van der Waals surface area (Å²) in [6.07, 6.45) is -3.35. The molecule has 0 fully saturated rings. The number of benzene rings is 1. The van der Waals surface area contributed by atoms with Crippen LogP contribution in [0.2, 0.25) is 0 Å². The van der Waals surface area contributed by atoms with E-state index in [0.717, 1.165) is 28.5 Å². The molecule has 1 N–H and O–H groups in total. The Morgan fingerprint density at radius 3 is 2.60 bits per heavy atom. The summed E-state index contributed by atoms with van der Waals surface area (Å²) in [6.45, 7) is 0.300. The van der Waals surface area contributed by atoms with Crippen LogP contribution in [-0.4, -0.2) is 9.97 Å². The number of nitriles is 1. The number of nitrogens with zero attached hydrogens (tertiary/aromatic N) is 3. The number of nitrogens with one attached hydrogen (secondary N) is 1. The fraction of sp³-hybridized carbons (Fsp3) is 0.118. The minimum atomic E-state index is -4.47. The Kier molecular flexibility index (Phi) is 4.67. The third-order valence-corrected chi connectivity index (χ3v) is 4.28. The van der Waals surface area contributed by atoms with Crippen molar-refractivity contribution in [3.63, 3.8) is 0 Å². The molecule has 1 aromatic carbocycles. The number of pyridine rings is 1. The van der Waals surface area contributed by atoms with Crippen LogP contribution in [0.5, 0.6) is 0 Å². The predicted molar refractivity (Wildman–Crippen MR) is 88.8 cm³/mol. The second-order valence-electron chi connectivity index (χ2n) is 5.11. The molecule has 3 rings (SSSR count). The number of halogens is 3. The molecule has 2 heterocycles. The number of anilines is 1. The zero-order valence-corrected chi connectivity index (χ0v) is 13.5. The molecule has 2 aromatic heterocycles. The molecule has 0 spiro atoms. The number of hydrogen-bond acceptors (Lipinski definition) is 5.